The van der Waals surface area contributed by atoms with Crippen molar-refractivity contribution in [2.45, 2.75) is 18.9 Å². The lowest BCUT2D eigenvalue weighted by molar-refractivity contribution is -0.126. The van der Waals surface area contributed by atoms with Crippen LogP contribution in [0.3, 0.4) is 0 Å². The highest BCUT2D eigenvalue weighted by Gasteiger charge is 2.28. The van der Waals surface area contributed by atoms with Crippen LogP contribution in [-0.2, 0) is 4.79 Å². The molecule has 0 radical (unpaired) electrons. The summed E-state index contributed by atoms with van der Waals surface area (Å²) in [6.45, 7) is 1.53. The fourth-order valence-corrected chi connectivity index (χ4v) is 4.77. The SMILES string of the molecule is COc1ccccc1-c1ccc(N2CCC(C(=O)NC(c3ccccc3)c3ccccc3)CC2)nn1. The Kier molecular flexibility index (Phi) is 7.22. The van der Waals surface area contributed by atoms with E-state index in [1.807, 2.05) is 72.8 Å². The summed E-state index contributed by atoms with van der Waals surface area (Å²) in [6, 6.07) is 31.9. The number of hydrogen-bond donors (Lipinski definition) is 1. The van der Waals surface area contributed by atoms with Crippen molar-refractivity contribution in [1.29, 1.82) is 0 Å². The number of para-hydroxylation sites is 1. The molecule has 1 aliphatic heterocycles. The van der Waals surface area contributed by atoms with Crippen molar-refractivity contribution in [3.05, 3.63) is 108 Å². The summed E-state index contributed by atoms with van der Waals surface area (Å²) in [5.74, 6) is 1.68. The van der Waals surface area contributed by atoms with Crippen LogP contribution >= 0.6 is 0 Å². The summed E-state index contributed by atoms with van der Waals surface area (Å²) in [5, 5.41) is 12.2. The van der Waals surface area contributed by atoms with Gasteiger partial charge >= 0.3 is 0 Å². The number of benzene rings is 3. The van der Waals surface area contributed by atoms with Crippen LogP contribution in [0.5, 0.6) is 5.75 Å². The molecular weight excluding hydrogens is 448 g/mol. The maximum absolute atomic E-state index is 13.3. The van der Waals surface area contributed by atoms with E-state index in [0.29, 0.717) is 0 Å². The number of anilines is 1. The Morgan fingerprint density at radius 3 is 2.03 bits per heavy atom. The number of methoxy groups -OCH3 is 1. The Labute approximate surface area is 212 Å². The van der Waals surface area contributed by atoms with Crippen LogP contribution in [0.2, 0.25) is 0 Å². The molecule has 0 atom stereocenters. The number of piperidine rings is 1. The lowest BCUT2D eigenvalue weighted by Gasteiger charge is -2.32. The highest BCUT2D eigenvalue weighted by Crippen LogP contribution is 2.29. The molecule has 36 heavy (non-hydrogen) atoms. The minimum Gasteiger partial charge on any atom is -0.496 e. The van der Waals surface area contributed by atoms with Crippen molar-refractivity contribution in [1.82, 2.24) is 15.5 Å². The summed E-state index contributed by atoms with van der Waals surface area (Å²) >= 11 is 0. The maximum atomic E-state index is 13.3. The van der Waals surface area contributed by atoms with Gasteiger partial charge in [0.05, 0.1) is 18.8 Å². The van der Waals surface area contributed by atoms with Crippen LogP contribution in [0.1, 0.15) is 30.0 Å². The topological polar surface area (TPSA) is 67.3 Å². The van der Waals surface area contributed by atoms with E-state index in [-0.39, 0.29) is 17.9 Å². The first-order valence-corrected chi connectivity index (χ1v) is 12.4. The number of hydrogen-bond acceptors (Lipinski definition) is 5. The molecule has 2 heterocycles. The Hall–Kier alpha value is -4.19. The number of nitrogens with zero attached hydrogens (tertiary/aromatic N) is 3. The van der Waals surface area contributed by atoms with Crippen LogP contribution in [0.15, 0.2) is 97.1 Å². The number of nitrogens with one attached hydrogen (secondary N) is 1. The van der Waals surface area contributed by atoms with Gasteiger partial charge in [-0.25, -0.2) is 0 Å². The predicted molar refractivity (Wildman–Crippen MR) is 142 cm³/mol. The quantitative estimate of drug-likeness (QED) is 0.392. The molecule has 1 aliphatic rings. The van der Waals surface area contributed by atoms with Crippen molar-refractivity contribution in [2.24, 2.45) is 5.92 Å². The molecule has 1 N–H and O–H groups in total. The number of aromatic nitrogens is 2. The molecule has 1 amide bonds. The van der Waals surface area contributed by atoms with E-state index in [1.165, 1.54) is 0 Å². The molecule has 0 spiro atoms. The summed E-state index contributed by atoms with van der Waals surface area (Å²) in [7, 11) is 1.66. The molecule has 182 valence electrons. The van der Waals surface area contributed by atoms with E-state index in [2.05, 4.69) is 44.7 Å². The monoisotopic (exact) mass is 478 g/mol. The molecule has 0 saturated carbocycles. The Morgan fingerprint density at radius 2 is 1.44 bits per heavy atom. The second-order valence-corrected chi connectivity index (χ2v) is 9.00. The first-order chi connectivity index (χ1) is 17.7. The number of rotatable bonds is 7. The number of ether oxygens (including phenoxy) is 1. The van der Waals surface area contributed by atoms with Crippen LogP contribution < -0.4 is 15.0 Å². The average molecular weight is 479 g/mol. The van der Waals surface area contributed by atoms with Gasteiger partial charge in [0, 0.05) is 24.6 Å². The van der Waals surface area contributed by atoms with Gasteiger partial charge < -0.3 is 15.0 Å². The zero-order chi connectivity index (χ0) is 24.7. The van der Waals surface area contributed by atoms with Crippen LogP contribution in [-0.4, -0.2) is 36.3 Å². The fourth-order valence-electron chi connectivity index (χ4n) is 4.77. The van der Waals surface area contributed by atoms with Gasteiger partial charge in [0.2, 0.25) is 5.91 Å². The van der Waals surface area contributed by atoms with E-state index < -0.39 is 0 Å². The van der Waals surface area contributed by atoms with Crippen molar-refractivity contribution in [2.75, 3.05) is 25.1 Å². The minimum absolute atomic E-state index is 0.0306. The fraction of sp³-hybridized carbons (Fsp3) is 0.233. The summed E-state index contributed by atoms with van der Waals surface area (Å²) in [4.78, 5) is 15.5. The van der Waals surface area contributed by atoms with Gasteiger partial charge in [0.1, 0.15) is 5.75 Å². The first kappa shape index (κ1) is 23.5. The molecule has 1 fully saturated rings. The molecule has 5 rings (SSSR count). The lowest BCUT2D eigenvalue weighted by atomic mass is 9.93. The number of carbonyl (C=O) groups excluding carboxylic acids is 1. The third kappa shape index (κ3) is 5.23. The molecule has 3 aromatic carbocycles. The number of carbonyl (C=O) groups is 1. The molecule has 6 heteroatoms. The van der Waals surface area contributed by atoms with Gasteiger partial charge in [0.25, 0.3) is 0 Å². The molecule has 0 bridgehead atoms. The van der Waals surface area contributed by atoms with Crippen molar-refractivity contribution < 1.29 is 9.53 Å². The van der Waals surface area contributed by atoms with Gasteiger partial charge in [-0.15, -0.1) is 10.2 Å². The highest BCUT2D eigenvalue weighted by atomic mass is 16.5. The second kappa shape index (κ2) is 11.0. The normalized spacial score (nSPS) is 14.0. The van der Waals surface area contributed by atoms with Crippen molar-refractivity contribution in [3.8, 4) is 17.0 Å². The average Bonchev–Trinajstić information content (AvgIpc) is 2.97. The Balaban J connectivity index is 1.23. The summed E-state index contributed by atoms with van der Waals surface area (Å²) in [5.41, 5.74) is 3.86. The van der Waals surface area contributed by atoms with Crippen LogP contribution in [0.25, 0.3) is 11.3 Å². The molecule has 4 aromatic rings. The second-order valence-electron chi connectivity index (χ2n) is 9.00. The standard InChI is InChI=1S/C30H30N4O2/c1-36-27-15-9-8-14-25(27)26-16-17-28(33-32-26)34-20-18-24(19-21-34)30(35)31-29(22-10-4-2-5-11-22)23-12-6-3-7-13-23/h2-17,24,29H,18-21H2,1H3,(H,31,35). The van der Waals surface area contributed by atoms with Crippen molar-refractivity contribution >= 4 is 11.7 Å². The molecule has 0 unspecified atom stereocenters. The number of amides is 1. The van der Waals surface area contributed by atoms with Gasteiger partial charge in [-0.3, -0.25) is 4.79 Å². The van der Waals surface area contributed by atoms with Gasteiger partial charge in [-0.1, -0.05) is 72.8 Å². The third-order valence-electron chi connectivity index (χ3n) is 6.78. The van der Waals surface area contributed by atoms with E-state index >= 15 is 0 Å². The molecule has 1 saturated heterocycles. The Bertz CT molecular complexity index is 1230. The largest absolute Gasteiger partial charge is 0.496 e. The van der Waals surface area contributed by atoms with Gasteiger partial charge in [0.15, 0.2) is 5.82 Å². The van der Waals surface area contributed by atoms with Crippen LogP contribution in [0, 0.1) is 5.92 Å². The summed E-state index contributed by atoms with van der Waals surface area (Å²) < 4.78 is 5.45. The molecule has 1 aromatic heterocycles. The van der Waals surface area contributed by atoms with Gasteiger partial charge in [-0.05, 0) is 48.2 Å². The maximum Gasteiger partial charge on any atom is 0.223 e. The van der Waals surface area contributed by atoms with E-state index in [0.717, 1.165) is 59.9 Å². The minimum atomic E-state index is -0.161. The Morgan fingerprint density at radius 1 is 0.833 bits per heavy atom. The van der Waals surface area contributed by atoms with E-state index in [4.69, 9.17) is 4.74 Å². The van der Waals surface area contributed by atoms with E-state index in [1.54, 1.807) is 7.11 Å². The van der Waals surface area contributed by atoms with Crippen LogP contribution in [0.4, 0.5) is 5.82 Å². The molecule has 0 aliphatic carbocycles. The molecular formula is C30H30N4O2. The third-order valence-corrected chi connectivity index (χ3v) is 6.78. The predicted octanol–water partition coefficient (Wildman–Crippen LogP) is 5.27. The smallest absolute Gasteiger partial charge is 0.223 e. The zero-order valence-corrected chi connectivity index (χ0v) is 20.4. The summed E-state index contributed by atoms with van der Waals surface area (Å²) in [6.07, 6.45) is 1.55. The lowest BCUT2D eigenvalue weighted by Crippen LogP contribution is -2.42. The molecule has 6 nitrogen and oxygen atoms in total. The first-order valence-electron chi connectivity index (χ1n) is 12.4. The van der Waals surface area contributed by atoms with Crippen molar-refractivity contribution in [3.63, 3.8) is 0 Å². The van der Waals surface area contributed by atoms with E-state index in [9.17, 15) is 4.79 Å². The highest BCUT2D eigenvalue weighted by molar-refractivity contribution is 5.80. The van der Waals surface area contributed by atoms with Gasteiger partial charge in [-0.2, -0.15) is 0 Å². The zero-order valence-electron chi connectivity index (χ0n) is 20.4.